The van der Waals surface area contributed by atoms with Crippen LogP contribution in [0.2, 0.25) is 0 Å². The van der Waals surface area contributed by atoms with E-state index in [4.69, 9.17) is 4.74 Å². The predicted molar refractivity (Wildman–Crippen MR) is 92.6 cm³/mol. The fourth-order valence-electron chi connectivity index (χ4n) is 2.27. The van der Waals surface area contributed by atoms with Crippen molar-refractivity contribution in [1.29, 1.82) is 0 Å². The molecule has 0 aliphatic rings. The predicted octanol–water partition coefficient (Wildman–Crippen LogP) is 2.14. The molecule has 2 heterocycles. The zero-order chi connectivity index (χ0) is 17.5. The molecule has 0 saturated heterocycles. The lowest BCUT2D eigenvalue weighted by atomic mass is 10.3. The number of nitrogens with zero attached hydrogens (tertiary/aromatic N) is 8. The summed E-state index contributed by atoms with van der Waals surface area (Å²) in [5.41, 5.74) is 0.808. The number of tetrazole rings is 2. The summed E-state index contributed by atoms with van der Waals surface area (Å²) in [4.78, 5) is 0. The molecule has 0 amide bonds. The van der Waals surface area contributed by atoms with Gasteiger partial charge in [-0.15, -0.1) is 10.2 Å². The number of benzene rings is 1. The van der Waals surface area contributed by atoms with Crippen molar-refractivity contribution >= 4 is 11.8 Å². The third-order valence-electron chi connectivity index (χ3n) is 3.49. The molecule has 25 heavy (non-hydrogen) atoms. The lowest BCUT2D eigenvalue weighted by molar-refractivity contribution is 0.337. The van der Waals surface area contributed by atoms with Crippen molar-refractivity contribution in [1.82, 2.24) is 40.4 Å². The Hall–Kier alpha value is -2.49. The molecule has 132 valence electrons. The van der Waals surface area contributed by atoms with Crippen LogP contribution in [0.25, 0.3) is 5.69 Å². The fourth-order valence-corrected chi connectivity index (χ4v) is 3.08. The monoisotopic (exact) mass is 360 g/mol. The number of rotatable bonds is 9. The number of hydrogen-bond acceptors (Lipinski definition) is 8. The van der Waals surface area contributed by atoms with Crippen molar-refractivity contribution in [3.63, 3.8) is 0 Å². The van der Waals surface area contributed by atoms with Crippen LogP contribution in [-0.4, -0.2) is 47.0 Å². The normalized spacial score (nSPS) is 11.0. The lowest BCUT2D eigenvalue weighted by Crippen LogP contribution is -2.06. The van der Waals surface area contributed by atoms with Gasteiger partial charge in [0, 0.05) is 6.54 Å². The topological polar surface area (TPSA) is 96.4 Å². The minimum absolute atomic E-state index is 0.577. The smallest absolute Gasteiger partial charge is 0.214 e. The van der Waals surface area contributed by atoms with Gasteiger partial charge in [-0.3, -0.25) is 0 Å². The largest absolute Gasteiger partial charge is 0.492 e. The van der Waals surface area contributed by atoms with Gasteiger partial charge in [0.2, 0.25) is 5.16 Å². The molecular formula is C15H20N8OS. The van der Waals surface area contributed by atoms with Crippen LogP contribution in [0.5, 0.6) is 5.75 Å². The highest BCUT2D eigenvalue weighted by Crippen LogP contribution is 2.27. The van der Waals surface area contributed by atoms with E-state index in [-0.39, 0.29) is 0 Å². The Labute approximate surface area is 149 Å². The SMILES string of the molecule is CCCCn1nnnc1CSc1nnnn1-c1ccccc1OCC. The summed E-state index contributed by atoms with van der Waals surface area (Å²) < 4.78 is 9.18. The molecule has 0 spiro atoms. The molecule has 10 heteroatoms. The van der Waals surface area contributed by atoms with Crippen LogP contribution in [0.15, 0.2) is 29.4 Å². The fraction of sp³-hybridized carbons (Fsp3) is 0.467. The average molecular weight is 360 g/mol. The zero-order valence-electron chi connectivity index (χ0n) is 14.2. The Morgan fingerprint density at radius 3 is 2.76 bits per heavy atom. The number of para-hydroxylation sites is 2. The number of aromatic nitrogens is 8. The molecule has 0 atom stereocenters. The maximum atomic E-state index is 5.67. The molecule has 0 unspecified atom stereocenters. The third kappa shape index (κ3) is 4.13. The minimum Gasteiger partial charge on any atom is -0.492 e. The summed E-state index contributed by atoms with van der Waals surface area (Å²) in [6.07, 6.45) is 2.14. The molecule has 0 N–H and O–H groups in total. The standard InChI is InChI=1S/C15H20N8OS/c1-3-5-10-22-14(16-18-20-22)11-25-15-17-19-21-23(15)12-8-6-7-9-13(12)24-4-2/h6-9H,3-5,10-11H2,1-2H3. The summed E-state index contributed by atoms with van der Waals surface area (Å²) in [6.45, 7) is 5.48. The molecule has 2 aromatic heterocycles. The summed E-state index contributed by atoms with van der Waals surface area (Å²) in [5, 5.41) is 24.6. The molecule has 0 bridgehead atoms. The van der Waals surface area contributed by atoms with Gasteiger partial charge in [-0.05, 0) is 46.3 Å². The zero-order valence-corrected chi connectivity index (χ0v) is 15.1. The van der Waals surface area contributed by atoms with E-state index in [1.807, 2.05) is 35.9 Å². The van der Waals surface area contributed by atoms with Crippen molar-refractivity contribution < 1.29 is 4.74 Å². The van der Waals surface area contributed by atoms with Crippen LogP contribution in [0.4, 0.5) is 0 Å². The van der Waals surface area contributed by atoms with Crippen LogP contribution in [0.1, 0.15) is 32.5 Å². The van der Waals surface area contributed by atoms with Crippen molar-refractivity contribution in [2.75, 3.05) is 6.61 Å². The van der Waals surface area contributed by atoms with Gasteiger partial charge in [-0.1, -0.05) is 37.2 Å². The Morgan fingerprint density at radius 1 is 1.08 bits per heavy atom. The Kier molecular flexibility index (Phi) is 5.94. The molecule has 3 rings (SSSR count). The molecule has 0 saturated carbocycles. The van der Waals surface area contributed by atoms with Crippen LogP contribution in [0.3, 0.4) is 0 Å². The van der Waals surface area contributed by atoms with Crippen molar-refractivity contribution in [2.24, 2.45) is 0 Å². The second-order valence-electron chi connectivity index (χ2n) is 5.23. The number of hydrogen-bond donors (Lipinski definition) is 0. The van der Waals surface area contributed by atoms with Crippen molar-refractivity contribution in [3.8, 4) is 11.4 Å². The Bertz CT molecular complexity index is 802. The van der Waals surface area contributed by atoms with Crippen LogP contribution in [-0.2, 0) is 12.3 Å². The van der Waals surface area contributed by atoms with Gasteiger partial charge in [0.1, 0.15) is 11.4 Å². The summed E-state index contributed by atoms with van der Waals surface area (Å²) >= 11 is 1.49. The number of ether oxygens (including phenoxy) is 1. The second-order valence-corrected chi connectivity index (χ2v) is 6.18. The first-order valence-corrected chi connectivity index (χ1v) is 9.20. The van der Waals surface area contributed by atoms with Crippen LogP contribution < -0.4 is 4.74 Å². The average Bonchev–Trinajstić information content (AvgIpc) is 3.28. The maximum absolute atomic E-state index is 5.67. The van der Waals surface area contributed by atoms with E-state index in [1.165, 1.54) is 11.8 Å². The second kappa shape index (κ2) is 8.56. The van der Waals surface area contributed by atoms with Gasteiger partial charge in [0.15, 0.2) is 5.82 Å². The molecular weight excluding hydrogens is 340 g/mol. The third-order valence-corrected chi connectivity index (χ3v) is 4.41. The first kappa shape index (κ1) is 17.3. The summed E-state index contributed by atoms with van der Waals surface area (Å²) in [7, 11) is 0. The summed E-state index contributed by atoms with van der Waals surface area (Å²) in [5.74, 6) is 2.14. The van der Waals surface area contributed by atoms with Crippen molar-refractivity contribution in [3.05, 3.63) is 30.1 Å². The van der Waals surface area contributed by atoms with E-state index < -0.39 is 0 Å². The van der Waals surface area contributed by atoms with Gasteiger partial charge >= 0.3 is 0 Å². The van der Waals surface area contributed by atoms with Crippen molar-refractivity contribution in [2.45, 2.75) is 44.1 Å². The highest BCUT2D eigenvalue weighted by atomic mass is 32.2. The lowest BCUT2D eigenvalue weighted by Gasteiger charge is -2.10. The highest BCUT2D eigenvalue weighted by molar-refractivity contribution is 7.98. The van der Waals surface area contributed by atoms with E-state index in [9.17, 15) is 0 Å². The molecule has 0 radical (unpaired) electrons. The Morgan fingerprint density at radius 2 is 1.92 bits per heavy atom. The maximum Gasteiger partial charge on any atom is 0.214 e. The van der Waals surface area contributed by atoms with Gasteiger partial charge in [0.25, 0.3) is 0 Å². The summed E-state index contributed by atoms with van der Waals surface area (Å²) in [6, 6.07) is 7.68. The first-order chi connectivity index (χ1) is 12.3. The number of unbranched alkanes of at least 4 members (excludes halogenated alkanes) is 1. The molecule has 0 aliphatic carbocycles. The first-order valence-electron chi connectivity index (χ1n) is 8.21. The van der Waals surface area contributed by atoms with E-state index >= 15 is 0 Å². The minimum atomic E-state index is 0.577. The van der Waals surface area contributed by atoms with Gasteiger partial charge in [-0.25, -0.2) is 4.68 Å². The number of thioether (sulfide) groups is 1. The number of aryl methyl sites for hydroxylation is 1. The highest BCUT2D eigenvalue weighted by Gasteiger charge is 2.15. The molecule has 0 aliphatic heterocycles. The molecule has 0 fully saturated rings. The van der Waals surface area contributed by atoms with Gasteiger partial charge < -0.3 is 4.74 Å². The quantitative estimate of drug-likeness (QED) is 0.536. The Balaban J connectivity index is 1.76. The van der Waals surface area contributed by atoms with E-state index in [0.717, 1.165) is 36.6 Å². The van der Waals surface area contributed by atoms with Gasteiger partial charge in [-0.2, -0.15) is 4.68 Å². The van der Waals surface area contributed by atoms with Gasteiger partial charge in [0.05, 0.1) is 12.4 Å². The van der Waals surface area contributed by atoms with Crippen LogP contribution >= 0.6 is 11.8 Å². The van der Waals surface area contributed by atoms with Crippen LogP contribution in [0, 0.1) is 0 Å². The molecule has 1 aromatic carbocycles. The van der Waals surface area contributed by atoms with E-state index in [2.05, 4.69) is 38.0 Å². The molecule has 3 aromatic rings. The van der Waals surface area contributed by atoms with E-state index in [1.54, 1.807) is 4.68 Å². The van der Waals surface area contributed by atoms with E-state index in [0.29, 0.717) is 17.5 Å². The molecule has 9 nitrogen and oxygen atoms in total.